The molecule has 20 heavy (non-hydrogen) atoms. The van der Waals surface area contributed by atoms with E-state index < -0.39 is 4.92 Å². The Bertz CT molecular complexity index is 634. The molecule has 2 aromatic carbocycles. The van der Waals surface area contributed by atoms with Gasteiger partial charge in [-0.15, -0.1) is 0 Å². The average Bonchev–Trinajstić information content (AvgIpc) is 2.45. The lowest BCUT2D eigenvalue weighted by Crippen LogP contribution is -2.00. The van der Waals surface area contributed by atoms with E-state index in [4.69, 9.17) is 4.74 Å². The first-order valence-electron chi connectivity index (χ1n) is 5.80. The second-order valence-electron chi connectivity index (χ2n) is 4.11. The zero-order valence-corrected chi connectivity index (χ0v) is 12.0. The molecule has 0 saturated carbocycles. The third kappa shape index (κ3) is 3.54. The summed E-state index contributed by atoms with van der Waals surface area (Å²) in [5, 5.41) is 11.5. The molecular formula is C14H11BrFNO3. The lowest BCUT2D eigenvalue weighted by Gasteiger charge is -2.08. The lowest BCUT2D eigenvalue weighted by atomic mass is 10.2. The maximum Gasteiger partial charge on any atom is 0.311 e. The fraction of sp³-hybridized carbons (Fsp3) is 0.143. The molecule has 0 unspecified atom stereocenters. The van der Waals surface area contributed by atoms with Gasteiger partial charge in [0.1, 0.15) is 12.4 Å². The van der Waals surface area contributed by atoms with E-state index >= 15 is 0 Å². The number of nitrogens with zero attached hydrogens (tertiary/aromatic N) is 1. The van der Waals surface area contributed by atoms with Crippen molar-refractivity contribution >= 4 is 21.6 Å². The molecule has 0 saturated heterocycles. The van der Waals surface area contributed by atoms with Gasteiger partial charge >= 0.3 is 5.69 Å². The monoisotopic (exact) mass is 339 g/mol. The van der Waals surface area contributed by atoms with E-state index in [1.165, 1.54) is 18.2 Å². The summed E-state index contributed by atoms with van der Waals surface area (Å²) in [5.74, 6) is -0.195. The highest BCUT2D eigenvalue weighted by Crippen LogP contribution is 2.29. The number of hydrogen-bond donors (Lipinski definition) is 0. The maximum absolute atomic E-state index is 13.0. The SMILES string of the molecule is O=[N+]([O-])c1cc(CBr)ccc1OCc1cccc(F)c1. The Morgan fingerprint density at radius 1 is 1.20 bits per heavy atom. The lowest BCUT2D eigenvalue weighted by molar-refractivity contribution is -0.386. The van der Waals surface area contributed by atoms with Gasteiger partial charge < -0.3 is 4.74 Å². The van der Waals surface area contributed by atoms with Crippen molar-refractivity contribution in [1.29, 1.82) is 0 Å². The average molecular weight is 340 g/mol. The predicted molar refractivity (Wildman–Crippen MR) is 76.5 cm³/mol. The zero-order chi connectivity index (χ0) is 14.5. The largest absolute Gasteiger partial charge is 0.482 e. The minimum atomic E-state index is -0.493. The molecule has 0 atom stereocenters. The molecule has 0 aliphatic rings. The summed E-state index contributed by atoms with van der Waals surface area (Å²) in [4.78, 5) is 10.5. The van der Waals surface area contributed by atoms with Gasteiger partial charge in [-0.2, -0.15) is 0 Å². The van der Waals surface area contributed by atoms with Crippen LogP contribution < -0.4 is 4.74 Å². The summed E-state index contributed by atoms with van der Waals surface area (Å²) < 4.78 is 18.4. The topological polar surface area (TPSA) is 52.4 Å². The first kappa shape index (κ1) is 14.5. The van der Waals surface area contributed by atoms with Crippen LogP contribution in [-0.2, 0) is 11.9 Å². The molecule has 0 heterocycles. The van der Waals surface area contributed by atoms with Gasteiger partial charge in [-0.05, 0) is 29.3 Å². The molecule has 0 spiro atoms. The molecule has 2 aromatic rings. The molecule has 0 radical (unpaired) electrons. The van der Waals surface area contributed by atoms with Crippen molar-refractivity contribution in [3.05, 3.63) is 69.5 Å². The number of rotatable bonds is 5. The van der Waals surface area contributed by atoms with Crippen LogP contribution in [0.15, 0.2) is 42.5 Å². The van der Waals surface area contributed by atoms with E-state index in [0.717, 1.165) is 5.56 Å². The Labute approximate surface area is 123 Å². The Balaban J connectivity index is 2.18. The molecule has 4 nitrogen and oxygen atoms in total. The third-order valence-corrected chi connectivity index (χ3v) is 3.31. The fourth-order valence-electron chi connectivity index (χ4n) is 1.70. The van der Waals surface area contributed by atoms with E-state index in [1.54, 1.807) is 24.3 Å². The van der Waals surface area contributed by atoms with Crippen molar-refractivity contribution in [2.45, 2.75) is 11.9 Å². The van der Waals surface area contributed by atoms with Crippen molar-refractivity contribution in [3.63, 3.8) is 0 Å². The Hall–Kier alpha value is -1.95. The molecule has 0 fully saturated rings. The second-order valence-corrected chi connectivity index (χ2v) is 4.67. The highest BCUT2D eigenvalue weighted by atomic mass is 79.9. The summed E-state index contributed by atoms with van der Waals surface area (Å²) >= 11 is 3.24. The van der Waals surface area contributed by atoms with Crippen molar-refractivity contribution in [2.24, 2.45) is 0 Å². The van der Waals surface area contributed by atoms with E-state index in [2.05, 4.69) is 15.9 Å². The highest BCUT2D eigenvalue weighted by molar-refractivity contribution is 9.08. The Morgan fingerprint density at radius 2 is 2.00 bits per heavy atom. The van der Waals surface area contributed by atoms with Gasteiger partial charge in [-0.25, -0.2) is 4.39 Å². The van der Waals surface area contributed by atoms with Gasteiger partial charge in [-0.1, -0.05) is 34.1 Å². The normalized spacial score (nSPS) is 10.3. The maximum atomic E-state index is 13.0. The standard InChI is InChI=1S/C14H11BrFNO3/c15-8-10-4-5-14(13(7-10)17(18)19)20-9-11-2-1-3-12(16)6-11/h1-7H,8-9H2. The summed E-state index contributed by atoms with van der Waals surface area (Å²) in [5.41, 5.74) is 1.30. The zero-order valence-electron chi connectivity index (χ0n) is 10.4. The van der Waals surface area contributed by atoms with Crippen LogP contribution in [0.2, 0.25) is 0 Å². The number of benzene rings is 2. The van der Waals surface area contributed by atoms with Crippen LogP contribution in [0.1, 0.15) is 11.1 Å². The van der Waals surface area contributed by atoms with Gasteiger partial charge in [0.15, 0.2) is 5.75 Å². The first-order valence-corrected chi connectivity index (χ1v) is 6.93. The minimum Gasteiger partial charge on any atom is -0.482 e. The molecule has 0 aromatic heterocycles. The van der Waals surface area contributed by atoms with Gasteiger partial charge in [0.05, 0.1) is 4.92 Å². The molecular weight excluding hydrogens is 329 g/mol. The predicted octanol–water partition coefficient (Wildman–Crippen LogP) is 4.21. The van der Waals surface area contributed by atoms with Gasteiger partial charge in [-0.3, -0.25) is 10.1 Å². The number of nitro benzene ring substituents is 1. The van der Waals surface area contributed by atoms with Crippen LogP contribution in [0.3, 0.4) is 0 Å². The molecule has 0 aliphatic heterocycles. The summed E-state index contributed by atoms with van der Waals surface area (Å²) in [6.07, 6.45) is 0. The second kappa shape index (κ2) is 6.47. The van der Waals surface area contributed by atoms with Gasteiger partial charge in [0, 0.05) is 11.4 Å². The van der Waals surface area contributed by atoms with Crippen molar-refractivity contribution < 1.29 is 14.1 Å². The van der Waals surface area contributed by atoms with E-state index in [1.807, 2.05) is 0 Å². The molecule has 0 N–H and O–H groups in total. The molecule has 0 aliphatic carbocycles. The Kier molecular flexibility index (Phi) is 4.68. The number of alkyl halides is 1. The number of halogens is 2. The highest BCUT2D eigenvalue weighted by Gasteiger charge is 2.15. The molecule has 6 heteroatoms. The fourth-order valence-corrected chi connectivity index (χ4v) is 2.05. The summed E-state index contributed by atoms with van der Waals surface area (Å²) in [6, 6.07) is 10.7. The first-order chi connectivity index (χ1) is 9.60. The van der Waals surface area contributed by atoms with Crippen LogP contribution >= 0.6 is 15.9 Å². The smallest absolute Gasteiger partial charge is 0.311 e. The van der Waals surface area contributed by atoms with Crippen molar-refractivity contribution in [3.8, 4) is 5.75 Å². The van der Waals surface area contributed by atoms with E-state index in [9.17, 15) is 14.5 Å². The van der Waals surface area contributed by atoms with Crippen LogP contribution in [0.4, 0.5) is 10.1 Å². The van der Waals surface area contributed by atoms with Crippen LogP contribution in [0.25, 0.3) is 0 Å². The summed E-state index contributed by atoms with van der Waals surface area (Å²) in [7, 11) is 0. The molecule has 104 valence electrons. The summed E-state index contributed by atoms with van der Waals surface area (Å²) in [6.45, 7) is 0.0757. The van der Waals surface area contributed by atoms with Gasteiger partial charge in [0.25, 0.3) is 0 Å². The number of hydrogen-bond acceptors (Lipinski definition) is 3. The van der Waals surface area contributed by atoms with E-state index in [0.29, 0.717) is 10.9 Å². The molecule has 0 amide bonds. The van der Waals surface area contributed by atoms with Crippen molar-refractivity contribution in [2.75, 3.05) is 0 Å². The number of ether oxygens (including phenoxy) is 1. The van der Waals surface area contributed by atoms with Gasteiger partial charge in [0.2, 0.25) is 0 Å². The van der Waals surface area contributed by atoms with E-state index in [-0.39, 0.29) is 23.9 Å². The van der Waals surface area contributed by atoms with Crippen molar-refractivity contribution in [1.82, 2.24) is 0 Å². The Morgan fingerprint density at radius 3 is 2.65 bits per heavy atom. The number of nitro groups is 1. The van der Waals surface area contributed by atoms with Crippen LogP contribution in [0.5, 0.6) is 5.75 Å². The quantitative estimate of drug-likeness (QED) is 0.465. The molecule has 2 rings (SSSR count). The minimum absolute atomic E-state index is 0.0757. The third-order valence-electron chi connectivity index (χ3n) is 2.66. The molecule has 0 bridgehead atoms. The van der Waals surface area contributed by atoms with Crippen LogP contribution in [0, 0.1) is 15.9 Å². The van der Waals surface area contributed by atoms with Crippen LogP contribution in [-0.4, -0.2) is 4.92 Å².